The van der Waals surface area contributed by atoms with Gasteiger partial charge in [0, 0.05) is 44.0 Å². The molecule has 6 aliphatic rings. The summed E-state index contributed by atoms with van der Waals surface area (Å²) >= 11 is 0. The van der Waals surface area contributed by atoms with Gasteiger partial charge in [-0.05, 0) is 177 Å². The highest BCUT2D eigenvalue weighted by molar-refractivity contribution is 5.94. The van der Waals surface area contributed by atoms with Crippen molar-refractivity contribution in [1.29, 1.82) is 0 Å². The molecule has 1 aliphatic heterocycles. The summed E-state index contributed by atoms with van der Waals surface area (Å²) in [5.74, 6) is 2.56. The van der Waals surface area contributed by atoms with Gasteiger partial charge in [0.1, 0.15) is 0 Å². The van der Waals surface area contributed by atoms with E-state index in [-0.39, 0.29) is 45.0 Å². The first-order valence-electron chi connectivity index (χ1n) is 24.2. The molecule has 2 aromatic carbocycles. The SMILES string of the molecule is C=C(C)[C@@H]1CC[C@]2(C(=O)NCCc3cccc(C(=O)NCc4ccc(NCCCN5CCOCC5)cc4)c3)CC[C@]3(C)C(CCC4[C@@]5(C)CC[C@H](O)C(C)(C)C5CC[C@]43C)C12. The first-order valence-corrected chi connectivity index (χ1v) is 24.2. The molecule has 2 aromatic rings. The minimum Gasteiger partial charge on any atom is -0.393 e. The number of hydrogen-bond acceptors (Lipinski definition) is 6. The predicted molar refractivity (Wildman–Crippen MR) is 246 cm³/mol. The predicted octanol–water partition coefficient (Wildman–Crippen LogP) is 9.43. The second-order valence-corrected chi connectivity index (χ2v) is 22.0. The van der Waals surface area contributed by atoms with Crippen LogP contribution in [-0.4, -0.2) is 73.9 Å². The van der Waals surface area contributed by atoms with Gasteiger partial charge in [0.25, 0.3) is 5.91 Å². The van der Waals surface area contributed by atoms with Gasteiger partial charge >= 0.3 is 0 Å². The number of allylic oxidation sites excluding steroid dienone is 1. The van der Waals surface area contributed by atoms with Crippen LogP contribution in [0.1, 0.15) is 134 Å². The summed E-state index contributed by atoms with van der Waals surface area (Å²) in [6.07, 6.45) is 12.5. The zero-order valence-electron chi connectivity index (χ0n) is 38.6. The minimum absolute atomic E-state index is 0.0503. The van der Waals surface area contributed by atoms with Gasteiger partial charge in [-0.3, -0.25) is 14.5 Å². The number of benzene rings is 2. The van der Waals surface area contributed by atoms with Crippen molar-refractivity contribution in [3.8, 4) is 0 Å². The molecule has 1 heterocycles. The van der Waals surface area contributed by atoms with E-state index in [9.17, 15) is 14.7 Å². The molecule has 0 radical (unpaired) electrons. The number of ether oxygens (including phenoxy) is 1. The number of rotatable bonds is 13. The van der Waals surface area contributed by atoms with E-state index in [2.05, 4.69) is 99.3 Å². The average Bonchev–Trinajstić information content (AvgIpc) is 3.66. The third-order valence-corrected chi connectivity index (χ3v) is 18.9. The summed E-state index contributed by atoms with van der Waals surface area (Å²) in [5.41, 5.74) is 5.33. The second kappa shape index (κ2) is 17.4. The minimum atomic E-state index is -0.353. The highest BCUT2D eigenvalue weighted by Crippen LogP contribution is 2.77. The zero-order chi connectivity index (χ0) is 43.2. The molecular weight excluding hydrogens is 757 g/mol. The summed E-state index contributed by atoms with van der Waals surface area (Å²) in [6.45, 7) is 26.1. The molecule has 5 saturated carbocycles. The molecule has 4 unspecified atom stereocenters. The summed E-state index contributed by atoms with van der Waals surface area (Å²) in [5, 5.41) is 21.3. The summed E-state index contributed by atoms with van der Waals surface area (Å²) in [4.78, 5) is 30.5. The van der Waals surface area contributed by atoms with Crippen LogP contribution in [0.4, 0.5) is 5.69 Å². The number of hydrogen-bond donors (Lipinski definition) is 4. The van der Waals surface area contributed by atoms with Crippen molar-refractivity contribution in [2.45, 2.75) is 131 Å². The smallest absolute Gasteiger partial charge is 0.251 e. The Balaban J connectivity index is 0.866. The Morgan fingerprint density at radius 3 is 2.34 bits per heavy atom. The topological polar surface area (TPSA) is 103 Å². The lowest BCUT2D eigenvalue weighted by molar-refractivity contribution is -0.246. The van der Waals surface area contributed by atoms with Crippen LogP contribution in [0.2, 0.25) is 0 Å². The molecule has 10 atom stereocenters. The Hall–Kier alpha value is -3.20. The Morgan fingerprint density at radius 1 is 0.820 bits per heavy atom. The van der Waals surface area contributed by atoms with Crippen LogP contribution in [0.3, 0.4) is 0 Å². The van der Waals surface area contributed by atoms with Crippen LogP contribution >= 0.6 is 0 Å². The molecule has 5 aliphatic carbocycles. The maximum atomic E-state index is 14.7. The van der Waals surface area contributed by atoms with Gasteiger partial charge < -0.3 is 25.8 Å². The lowest BCUT2D eigenvalue weighted by Crippen LogP contribution is -2.67. The molecule has 0 aromatic heterocycles. The van der Waals surface area contributed by atoms with Crippen molar-refractivity contribution >= 4 is 17.5 Å². The molecule has 8 nitrogen and oxygen atoms in total. The third-order valence-electron chi connectivity index (χ3n) is 18.9. The highest BCUT2D eigenvalue weighted by Gasteiger charge is 2.71. The van der Waals surface area contributed by atoms with E-state index in [1.165, 1.54) is 31.3 Å². The summed E-state index contributed by atoms with van der Waals surface area (Å²) < 4.78 is 5.45. The van der Waals surface area contributed by atoms with Crippen LogP contribution in [0.5, 0.6) is 0 Å². The molecule has 8 heteroatoms. The average molecular weight is 835 g/mol. The zero-order valence-corrected chi connectivity index (χ0v) is 38.6. The van der Waals surface area contributed by atoms with Crippen LogP contribution in [0, 0.1) is 56.7 Å². The lowest BCUT2D eigenvalue weighted by Gasteiger charge is -2.72. The molecule has 0 spiro atoms. The maximum absolute atomic E-state index is 14.7. The van der Waals surface area contributed by atoms with Gasteiger partial charge in [0.15, 0.2) is 0 Å². The van der Waals surface area contributed by atoms with Crippen molar-refractivity contribution in [2.75, 3.05) is 51.3 Å². The van der Waals surface area contributed by atoms with Crippen molar-refractivity contribution in [3.63, 3.8) is 0 Å². The number of nitrogens with one attached hydrogen (secondary N) is 3. The van der Waals surface area contributed by atoms with E-state index in [0.29, 0.717) is 54.7 Å². The van der Waals surface area contributed by atoms with Crippen LogP contribution < -0.4 is 16.0 Å². The normalized spacial score (nSPS) is 36.7. The van der Waals surface area contributed by atoms with E-state index in [1.807, 2.05) is 18.2 Å². The Bertz CT molecular complexity index is 1910. The van der Waals surface area contributed by atoms with E-state index in [1.54, 1.807) is 0 Å². The number of nitrogens with zero attached hydrogens (tertiary/aromatic N) is 1. The first kappa shape index (κ1) is 44.4. The monoisotopic (exact) mass is 835 g/mol. The number of morpholine rings is 1. The molecule has 334 valence electrons. The van der Waals surface area contributed by atoms with Gasteiger partial charge in [0.05, 0.1) is 24.7 Å². The Morgan fingerprint density at radius 2 is 1.59 bits per heavy atom. The molecule has 4 N–H and O–H groups in total. The number of fused-ring (bicyclic) bond motifs is 7. The molecule has 6 fully saturated rings. The molecule has 1 saturated heterocycles. The Kier molecular flexibility index (Phi) is 12.7. The quantitative estimate of drug-likeness (QED) is 0.119. The van der Waals surface area contributed by atoms with Crippen molar-refractivity contribution < 1.29 is 19.4 Å². The number of aliphatic hydroxyl groups is 1. The fraction of sp³-hybridized carbons (Fsp3) is 0.698. The maximum Gasteiger partial charge on any atom is 0.251 e. The van der Waals surface area contributed by atoms with E-state index < -0.39 is 0 Å². The van der Waals surface area contributed by atoms with Crippen LogP contribution in [0.15, 0.2) is 60.7 Å². The number of carbonyl (C=O) groups excluding carboxylic acids is 2. The van der Waals surface area contributed by atoms with Crippen molar-refractivity contribution in [3.05, 3.63) is 77.4 Å². The van der Waals surface area contributed by atoms with E-state index in [4.69, 9.17) is 4.74 Å². The van der Waals surface area contributed by atoms with Crippen LogP contribution in [-0.2, 0) is 22.5 Å². The number of amides is 2. The molecule has 8 rings (SSSR count). The number of carbonyl (C=O) groups is 2. The Labute approximate surface area is 367 Å². The second-order valence-electron chi connectivity index (χ2n) is 22.0. The number of anilines is 1. The first-order chi connectivity index (χ1) is 29.1. The fourth-order valence-electron chi connectivity index (χ4n) is 15.3. The lowest BCUT2D eigenvalue weighted by atomic mass is 9.32. The van der Waals surface area contributed by atoms with Gasteiger partial charge in [0.2, 0.25) is 5.91 Å². The van der Waals surface area contributed by atoms with Crippen molar-refractivity contribution in [1.82, 2.24) is 15.5 Å². The van der Waals surface area contributed by atoms with Gasteiger partial charge in [-0.1, -0.05) is 71.0 Å². The third kappa shape index (κ3) is 8.02. The standard InChI is InChI=1S/C53H78N4O4/c1-36(2)41-18-24-53(26-25-51(6)42(46(41)53)16-17-44-50(5)22-20-45(58)49(3,4)43(50)19-23-52(44,51)7)48(60)55-28-21-37-10-8-11-39(34-37)47(59)56-35-38-12-14-40(15-13-38)54-27-9-29-57-30-32-61-33-31-57/h8,10-15,34,41-46,54,58H,1,9,16-33,35H2,2-7H3,(H,55,60)(H,56,59)/t41-,42?,43?,44?,45-,46?,50-,51+,52+,53-/m0/s1. The molecule has 2 amide bonds. The molecule has 61 heavy (non-hydrogen) atoms. The number of aliphatic hydroxyl groups excluding tert-OH is 1. The largest absolute Gasteiger partial charge is 0.393 e. The fourth-order valence-corrected chi connectivity index (χ4v) is 15.3. The van der Waals surface area contributed by atoms with Crippen molar-refractivity contribution in [2.24, 2.45) is 56.7 Å². The van der Waals surface area contributed by atoms with Gasteiger partial charge in [-0.25, -0.2) is 0 Å². The van der Waals surface area contributed by atoms with E-state index >= 15 is 0 Å². The van der Waals surface area contributed by atoms with Gasteiger partial charge in [-0.15, -0.1) is 0 Å². The van der Waals surface area contributed by atoms with Crippen LogP contribution in [0.25, 0.3) is 0 Å². The summed E-state index contributed by atoms with van der Waals surface area (Å²) in [6, 6.07) is 16.2. The molecule has 0 bridgehead atoms. The summed E-state index contributed by atoms with van der Waals surface area (Å²) in [7, 11) is 0. The highest BCUT2D eigenvalue weighted by atomic mass is 16.5. The van der Waals surface area contributed by atoms with Gasteiger partial charge in [-0.2, -0.15) is 0 Å². The molecular formula is C53H78N4O4. The van der Waals surface area contributed by atoms with E-state index in [0.717, 1.165) is 101 Å².